The number of benzene rings is 9. The van der Waals surface area contributed by atoms with Gasteiger partial charge in [-0.2, -0.15) is 0 Å². The highest BCUT2D eigenvalue weighted by atomic mass is 15.0. The van der Waals surface area contributed by atoms with E-state index < -0.39 is 0 Å². The van der Waals surface area contributed by atoms with E-state index in [2.05, 4.69) is 213 Å². The number of fused-ring (bicyclic) bond motifs is 6. The number of para-hydroxylation sites is 2. The molecule has 0 unspecified atom stereocenters. The zero-order valence-corrected chi connectivity index (χ0v) is 41.3. The number of hydrogen-bond donors (Lipinski definition) is 0. The predicted octanol–water partition coefficient (Wildman–Crippen LogP) is 17.5. The smallest absolute Gasteiger partial charge is 0.187 e. The summed E-state index contributed by atoms with van der Waals surface area (Å²) in [6.07, 6.45) is 0. The lowest BCUT2D eigenvalue weighted by molar-refractivity contribution is 0.591. The molecule has 0 saturated carbocycles. The van der Waals surface area contributed by atoms with Crippen molar-refractivity contribution in [3.05, 3.63) is 229 Å². The van der Waals surface area contributed by atoms with Crippen molar-refractivity contribution in [3.63, 3.8) is 0 Å². The third-order valence-corrected chi connectivity index (χ3v) is 14.1. The highest BCUT2D eigenvalue weighted by molar-refractivity contribution is 6.12. The summed E-state index contributed by atoms with van der Waals surface area (Å²) in [7, 11) is 0. The molecule has 0 aliphatic heterocycles. The van der Waals surface area contributed by atoms with Crippen molar-refractivity contribution in [2.45, 2.75) is 52.4 Å². The van der Waals surface area contributed by atoms with E-state index >= 15 is 0 Å². The second-order valence-corrected chi connectivity index (χ2v) is 20.8. The van der Waals surface area contributed by atoms with Gasteiger partial charge in [0, 0.05) is 49.4 Å². The van der Waals surface area contributed by atoms with Crippen LogP contribution in [-0.4, -0.2) is 24.1 Å². The maximum absolute atomic E-state index is 7.69. The zero-order chi connectivity index (χ0) is 49.3. The topological polar surface area (TPSA) is 52.9 Å². The first-order chi connectivity index (χ1) is 34.9. The average Bonchev–Trinajstić information content (AvgIpc) is 3.92. The normalized spacial score (nSPS) is 12.0. The average molecular weight is 929 g/mol. The Labute approximate surface area is 420 Å². The van der Waals surface area contributed by atoms with Crippen molar-refractivity contribution >= 4 is 49.3 Å². The van der Waals surface area contributed by atoms with Crippen LogP contribution in [0.1, 0.15) is 52.7 Å². The minimum absolute atomic E-state index is 0.0329. The molecule has 12 rings (SSSR count). The minimum Gasteiger partial charge on any atom is -0.309 e. The van der Waals surface area contributed by atoms with Crippen LogP contribution in [0.3, 0.4) is 0 Å². The molecule has 3 heterocycles. The quantitative estimate of drug-likeness (QED) is 0.150. The Morgan fingerprint density at radius 1 is 0.347 bits per heavy atom. The molecule has 3 aromatic heterocycles. The fourth-order valence-corrected chi connectivity index (χ4v) is 10.3. The molecule has 0 aliphatic carbocycles. The Hall–Kier alpha value is -8.92. The summed E-state index contributed by atoms with van der Waals surface area (Å²) in [6, 6.07) is 73.3. The van der Waals surface area contributed by atoms with Gasteiger partial charge < -0.3 is 9.13 Å². The van der Waals surface area contributed by atoms with Crippen LogP contribution < -0.4 is 0 Å². The molecule has 6 nitrogen and oxygen atoms in total. The van der Waals surface area contributed by atoms with Gasteiger partial charge in [-0.15, -0.1) is 0 Å². The monoisotopic (exact) mass is 928 g/mol. The summed E-state index contributed by atoms with van der Waals surface area (Å²) in [5, 5.41) is 4.80. The van der Waals surface area contributed by atoms with E-state index in [0.29, 0.717) is 23.2 Å². The molecule has 0 N–H and O–H groups in total. The fourth-order valence-electron chi connectivity index (χ4n) is 10.3. The van der Waals surface area contributed by atoms with Gasteiger partial charge in [0.25, 0.3) is 0 Å². The van der Waals surface area contributed by atoms with Gasteiger partial charge in [-0.25, -0.2) is 19.8 Å². The summed E-state index contributed by atoms with van der Waals surface area (Å²) < 4.78 is 4.89. The van der Waals surface area contributed by atoms with E-state index in [1.54, 1.807) is 0 Å². The lowest BCUT2D eigenvalue weighted by Crippen LogP contribution is -2.10. The molecule has 0 aliphatic rings. The predicted molar refractivity (Wildman–Crippen MR) is 299 cm³/mol. The molecule has 0 spiro atoms. The van der Waals surface area contributed by atoms with Crippen molar-refractivity contribution < 1.29 is 0 Å². The molecule has 0 amide bonds. The first-order valence-electron chi connectivity index (χ1n) is 24.6. The second-order valence-electron chi connectivity index (χ2n) is 20.8. The molecular weight excluding hydrogens is 877 g/mol. The summed E-state index contributed by atoms with van der Waals surface area (Å²) in [5.74, 6) is 1.80. The van der Waals surface area contributed by atoms with E-state index in [1.165, 1.54) is 32.7 Å². The van der Waals surface area contributed by atoms with Crippen molar-refractivity contribution in [2.75, 3.05) is 0 Å². The van der Waals surface area contributed by atoms with Gasteiger partial charge in [0.1, 0.15) is 0 Å². The highest BCUT2D eigenvalue weighted by Gasteiger charge is 2.25. The van der Waals surface area contributed by atoms with E-state index in [9.17, 15) is 0 Å². The van der Waals surface area contributed by atoms with Crippen LogP contribution in [0, 0.1) is 6.57 Å². The largest absolute Gasteiger partial charge is 0.309 e. The molecule has 0 atom stereocenters. The van der Waals surface area contributed by atoms with Crippen LogP contribution >= 0.6 is 0 Å². The molecule has 0 radical (unpaired) electrons. The number of hydrogen-bond acceptors (Lipinski definition) is 3. The Kier molecular flexibility index (Phi) is 10.6. The van der Waals surface area contributed by atoms with E-state index in [0.717, 1.165) is 72.4 Å². The van der Waals surface area contributed by atoms with Crippen LogP contribution in [0.5, 0.6) is 0 Å². The van der Waals surface area contributed by atoms with Crippen molar-refractivity contribution in [3.8, 4) is 67.8 Å². The van der Waals surface area contributed by atoms with Crippen LogP contribution in [0.15, 0.2) is 206 Å². The number of aromatic nitrogens is 5. The lowest BCUT2D eigenvalue weighted by atomic mass is 9.86. The third-order valence-electron chi connectivity index (χ3n) is 14.1. The minimum atomic E-state index is -0.0406. The summed E-state index contributed by atoms with van der Waals surface area (Å²) in [6.45, 7) is 21.4. The molecular formula is C66H52N6. The fraction of sp³-hybridized carbons (Fsp3) is 0.121. The van der Waals surface area contributed by atoms with E-state index in [4.69, 9.17) is 21.5 Å². The molecule has 0 fully saturated rings. The number of nitrogens with zero attached hydrogens (tertiary/aromatic N) is 6. The Morgan fingerprint density at radius 2 is 0.792 bits per heavy atom. The molecule has 72 heavy (non-hydrogen) atoms. The van der Waals surface area contributed by atoms with Gasteiger partial charge in [0.2, 0.25) is 0 Å². The second kappa shape index (κ2) is 17.2. The maximum Gasteiger partial charge on any atom is 0.187 e. The molecule has 0 saturated heterocycles. The zero-order valence-electron chi connectivity index (χ0n) is 41.3. The van der Waals surface area contributed by atoms with E-state index in [1.807, 2.05) is 48.5 Å². The van der Waals surface area contributed by atoms with Gasteiger partial charge in [-0.3, -0.25) is 0 Å². The van der Waals surface area contributed by atoms with Crippen LogP contribution in [-0.2, 0) is 10.8 Å². The van der Waals surface area contributed by atoms with Crippen molar-refractivity contribution in [1.82, 2.24) is 24.1 Å². The summed E-state index contributed by atoms with van der Waals surface area (Å²) in [4.78, 5) is 19.3. The Morgan fingerprint density at radius 3 is 1.31 bits per heavy atom. The summed E-state index contributed by atoms with van der Waals surface area (Å²) >= 11 is 0. The number of rotatable bonds is 7. The van der Waals surface area contributed by atoms with Gasteiger partial charge in [0.15, 0.2) is 23.2 Å². The first kappa shape index (κ1) is 44.3. The molecule has 6 heteroatoms. The van der Waals surface area contributed by atoms with Crippen molar-refractivity contribution in [2.24, 2.45) is 0 Å². The van der Waals surface area contributed by atoms with E-state index in [-0.39, 0.29) is 10.8 Å². The van der Waals surface area contributed by atoms with Crippen LogP contribution in [0.25, 0.3) is 116 Å². The first-order valence-corrected chi connectivity index (χ1v) is 24.6. The van der Waals surface area contributed by atoms with Gasteiger partial charge in [-0.1, -0.05) is 187 Å². The standard InChI is InChI=1S/C66H52N6/c1-65(2,3)47-30-36-59-54(40-47)50-22-14-16-24-56(50)71(59)58-35-29-46(64-69-62(43-18-10-8-11-19-43)68-63(70-64)44-20-12-9-13-21-44)38-53(58)52-34-28-45(42-26-32-49(67-7)33-27-42)39-61(52)72-57-25-17-15-23-51(57)55-41-48(66(4,5)6)31-37-60(55)72/h8-41H,1-6H3. The molecule has 346 valence electrons. The lowest BCUT2D eigenvalue weighted by Gasteiger charge is -2.22. The third kappa shape index (κ3) is 7.71. The molecule has 9 aromatic carbocycles. The van der Waals surface area contributed by atoms with Crippen LogP contribution in [0.4, 0.5) is 5.69 Å². The van der Waals surface area contributed by atoms with Crippen LogP contribution in [0.2, 0.25) is 0 Å². The van der Waals surface area contributed by atoms with Gasteiger partial charge in [-0.05, 0) is 93.7 Å². The molecule has 0 bridgehead atoms. The highest BCUT2D eigenvalue weighted by Crippen LogP contribution is 2.45. The van der Waals surface area contributed by atoms with Gasteiger partial charge >= 0.3 is 0 Å². The van der Waals surface area contributed by atoms with Crippen molar-refractivity contribution in [1.29, 1.82) is 0 Å². The van der Waals surface area contributed by atoms with Gasteiger partial charge in [0.05, 0.1) is 40.0 Å². The summed E-state index contributed by atoms with van der Waals surface area (Å²) in [5.41, 5.74) is 16.5. The Balaban J connectivity index is 1.20. The maximum atomic E-state index is 7.69. The SMILES string of the molecule is [C-]#[N+]c1ccc(-c2ccc(-c3cc(-c4nc(-c5ccccc5)nc(-c5ccccc5)n4)ccc3-n3c4ccccc4c4cc(C(C)(C)C)ccc43)c(-n3c4ccccc4c4cc(C(C)(C)C)ccc43)c2)cc1. The molecule has 12 aromatic rings. The Bertz CT molecular complexity index is 4040.